The number of likely N-dealkylation sites (tertiary alicyclic amines) is 1. The molecule has 3 aromatic rings. The molecule has 1 aliphatic heterocycles. The van der Waals surface area contributed by atoms with Crippen molar-refractivity contribution in [3.8, 4) is 11.3 Å². The minimum absolute atomic E-state index is 0.459. The Hall–Kier alpha value is -2.06. The highest BCUT2D eigenvalue weighted by Gasteiger charge is 2.26. The summed E-state index contributed by atoms with van der Waals surface area (Å²) in [6.07, 6.45) is 3.78. The molecule has 0 spiro atoms. The lowest BCUT2D eigenvalue weighted by atomic mass is 9.84. The number of benzene rings is 2. The van der Waals surface area contributed by atoms with Gasteiger partial charge in [0.15, 0.2) is 0 Å². The Morgan fingerprint density at radius 3 is 2.56 bits per heavy atom. The summed E-state index contributed by atoms with van der Waals surface area (Å²) < 4.78 is 0. The van der Waals surface area contributed by atoms with E-state index >= 15 is 0 Å². The summed E-state index contributed by atoms with van der Waals surface area (Å²) in [7, 11) is 0. The topological polar surface area (TPSA) is 19.0 Å². The molecule has 2 aromatic carbocycles. The molecule has 1 aromatic heterocycles. The molecule has 1 N–H and O–H groups in total. The van der Waals surface area contributed by atoms with Gasteiger partial charge in [0.2, 0.25) is 0 Å². The van der Waals surface area contributed by atoms with Crippen LogP contribution in [-0.2, 0) is 6.42 Å². The second-order valence-electron chi connectivity index (χ2n) is 8.18. The zero-order valence-corrected chi connectivity index (χ0v) is 15.4. The van der Waals surface area contributed by atoms with Crippen LogP contribution in [0.1, 0.15) is 32.3 Å². The van der Waals surface area contributed by atoms with Gasteiger partial charge < -0.3 is 9.88 Å². The molecule has 25 heavy (non-hydrogen) atoms. The molecule has 0 bridgehead atoms. The van der Waals surface area contributed by atoms with Crippen LogP contribution in [0.4, 0.5) is 0 Å². The van der Waals surface area contributed by atoms with Crippen LogP contribution in [0, 0.1) is 5.41 Å². The fraction of sp³-hybridized carbons (Fsp3) is 0.391. The van der Waals surface area contributed by atoms with E-state index in [1.165, 1.54) is 53.7 Å². The molecule has 0 unspecified atom stereocenters. The van der Waals surface area contributed by atoms with E-state index in [1.54, 1.807) is 0 Å². The molecule has 1 aliphatic rings. The highest BCUT2D eigenvalue weighted by molar-refractivity contribution is 5.90. The molecule has 130 valence electrons. The Balaban J connectivity index is 1.64. The Morgan fingerprint density at radius 1 is 1.00 bits per heavy atom. The van der Waals surface area contributed by atoms with Gasteiger partial charge in [0.25, 0.3) is 0 Å². The summed E-state index contributed by atoms with van der Waals surface area (Å²) in [6.45, 7) is 8.41. The Bertz CT molecular complexity index is 845. The maximum absolute atomic E-state index is 3.67. The summed E-state index contributed by atoms with van der Waals surface area (Å²) in [5, 5.41) is 1.37. The quantitative estimate of drug-likeness (QED) is 0.668. The molecule has 1 fully saturated rings. The normalized spacial score (nSPS) is 17.8. The number of para-hydroxylation sites is 1. The lowest BCUT2D eigenvalue weighted by molar-refractivity contribution is 0.119. The van der Waals surface area contributed by atoms with Crippen LogP contribution in [0.25, 0.3) is 22.2 Å². The van der Waals surface area contributed by atoms with E-state index in [0.29, 0.717) is 5.41 Å². The van der Waals surface area contributed by atoms with Crippen molar-refractivity contribution < 1.29 is 0 Å². The molecule has 0 radical (unpaired) electrons. The van der Waals surface area contributed by atoms with Gasteiger partial charge in [-0.1, -0.05) is 62.4 Å². The van der Waals surface area contributed by atoms with Gasteiger partial charge in [0.1, 0.15) is 0 Å². The van der Waals surface area contributed by atoms with E-state index in [2.05, 4.69) is 78.3 Å². The molecule has 0 amide bonds. The van der Waals surface area contributed by atoms with E-state index in [4.69, 9.17) is 0 Å². The molecule has 0 atom stereocenters. The Morgan fingerprint density at radius 2 is 1.76 bits per heavy atom. The van der Waals surface area contributed by atoms with E-state index < -0.39 is 0 Å². The fourth-order valence-electron chi connectivity index (χ4n) is 4.32. The summed E-state index contributed by atoms with van der Waals surface area (Å²) >= 11 is 0. The van der Waals surface area contributed by atoms with Gasteiger partial charge in [-0.25, -0.2) is 0 Å². The number of H-pyrrole nitrogens is 1. The molecule has 2 heteroatoms. The fourth-order valence-corrected chi connectivity index (χ4v) is 4.32. The first kappa shape index (κ1) is 16.4. The summed E-state index contributed by atoms with van der Waals surface area (Å²) in [6, 6.07) is 19.5. The third-order valence-electron chi connectivity index (χ3n) is 5.53. The lowest BCUT2D eigenvalue weighted by Gasteiger charge is -2.38. The molecule has 0 saturated carbocycles. The number of aromatic nitrogens is 1. The largest absolute Gasteiger partial charge is 0.354 e. The highest BCUT2D eigenvalue weighted by atomic mass is 15.1. The molecule has 4 rings (SSSR count). The number of hydrogen-bond acceptors (Lipinski definition) is 1. The minimum Gasteiger partial charge on any atom is -0.354 e. The van der Waals surface area contributed by atoms with Crippen molar-refractivity contribution in [1.29, 1.82) is 0 Å². The first-order valence-corrected chi connectivity index (χ1v) is 9.50. The maximum atomic E-state index is 3.67. The first-order chi connectivity index (χ1) is 12.1. The minimum atomic E-state index is 0.459. The average molecular weight is 332 g/mol. The van der Waals surface area contributed by atoms with Crippen LogP contribution in [0.2, 0.25) is 0 Å². The molecule has 2 heterocycles. The number of aromatic amines is 1. The van der Waals surface area contributed by atoms with Crippen LogP contribution < -0.4 is 0 Å². The van der Waals surface area contributed by atoms with Crippen LogP contribution in [-0.4, -0.2) is 29.5 Å². The third-order valence-corrected chi connectivity index (χ3v) is 5.53. The van der Waals surface area contributed by atoms with Crippen molar-refractivity contribution >= 4 is 10.9 Å². The summed E-state index contributed by atoms with van der Waals surface area (Å²) in [4.78, 5) is 6.32. The average Bonchev–Trinajstić information content (AvgIpc) is 2.99. The predicted molar refractivity (Wildman–Crippen MR) is 107 cm³/mol. The van der Waals surface area contributed by atoms with Gasteiger partial charge in [-0.15, -0.1) is 0 Å². The number of piperidine rings is 1. The standard InChI is InChI=1S/C23H28N2/c1-23(2)14-8-15-25(17-23)16-13-20-19-11-6-7-12-21(19)24-22(20)18-9-4-3-5-10-18/h3-7,9-12,24H,8,13-17H2,1-2H3. The maximum Gasteiger partial charge on any atom is 0.0497 e. The van der Waals surface area contributed by atoms with E-state index in [0.717, 1.165) is 13.0 Å². The van der Waals surface area contributed by atoms with Crippen molar-refractivity contribution in [3.05, 3.63) is 60.2 Å². The molecule has 1 saturated heterocycles. The number of fused-ring (bicyclic) bond motifs is 1. The van der Waals surface area contributed by atoms with Gasteiger partial charge >= 0.3 is 0 Å². The summed E-state index contributed by atoms with van der Waals surface area (Å²) in [5.74, 6) is 0. The van der Waals surface area contributed by atoms with Crippen molar-refractivity contribution in [2.75, 3.05) is 19.6 Å². The Kier molecular flexibility index (Phi) is 4.39. The Labute approximate surface area is 150 Å². The zero-order valence-electron chi connectivity index (χ0n) is 15.4. The lowest BCUT2D eigenvalue weighted by Crippen LogP contribution is -2.40. The van der Waals surface area contributed by atoms with Gasteiger partial charge in [-0.05, 0) is 48.4 Å². The monoisotopic (exact) mass is 332 g/mol. The van der Waals surface area contributed by atoms with Gasteiger partial charge in [-0.3, -0.25) is 0 Å². The molecule has 2 nitrogen and oxygen atoms in total. The van der Waals surface area contributed by atoms with Crippen molar-refractivity contribution in [1.82, 2.24) is 9.88 Å². The number of nitrogens with zero attached hydrogens (tertiary/aromatic N) is 1. The van der Waals surface area contributed by atoms with Crippen LogP contribution >= 0.6 is 0 Å². The SMILES string of the molecule is CC1(C)CCCN(CCc2c(-c3ccccc3)[nH]c3ccccc23)C1. The predicted octanol–water partition coefficient (Wildman–Crippen LogP) is 5.50. The third kappa shape index (κ3) is 3.50. The first-order valence-electron chi connectivity index (χ1n) is 9.50. The van der Waals surface area contributed by atoms with Crippen molar-refractivity contribution in [2.24, 2.45) is 5.41 Å². The van der Waals surface area contributed by atoms with Crippen LogP contribution in [0.5, 0.6) is 0 Å². The number of hydrogen-bond donors (Lipinski definition) is 1. The van der Waals surface area contributed by atoms with Gasteiger partial charge in [0, 0.05) is 29.7 Å². The summed E-state index contributed by atoms with van der Waals surface area (Å²) in [5.41, 5.74) is 5.74. The van der Waals surface area contributed by atoms with Crippen LogP contribution in [0.3, 0.4) is 0 Å². The molecular formula is C23H28N2. The van der Waals surface area contributed by atoms with Gasteiger partial charge in [-0.2, -0.15) is 0 Å². The molecule has 0 aliphatic carbocycles. The smallest absolute Gasteiger partial charge is 0.0497 e. The van der Waals surface area contributed by atoms with Crippen molar-refractivity contribution in [2.45, 2.75) is 33.1 Å². The van der Waals surface area contributed by atoms with E-state index in [9.17, 15) is 0 Å². The second-order valence-corrected chi connectivity index (χ2v) is 8.18. The molecular weight excluding hydrogens is 304 g/mol. The highest BCUT2D eigenvalue weighted by Crippen LogP contribution is 2.32. The van der Waals surface area contributed by atoms with E-state index in [1.807, 2.05) is 0 Å². The number of rotatable bonds is 4. The van der Waals surface area contributed by atoms with Gasteiger partial charge in [0.05, 0.1) is 0 Å². The van der Waals surface area contributed by atoms with E-state index in [-0.39, 0.29) is 0 Å². The second kappa shape index (κ2) is 6.68. The number of nitrogens with one attached hydrogen (secondary N) is 1. The van der Waals surface area contributed by atoms with Crippen molar-refractivity contribution in [3.63, 3.8) is 0 Å². The zero-order chi connectivity index (χ0) is 17.3. The van der Waals surface area contributed by atoms with Crippen LogP contribution in [0.15, 0.2) is 54.6 Å².